The molecule has 0 atom stereocenters. The number of hydrogen-bond acceptors (Lipinski definition) is 4. The van der Waals surface area contributed by atoms with E-state index in [0.717, 1.165) is 5.56 Å². The maximum absolute atomic E-state index is 11.7. The summed E-state index contributed by atoms with van der Waals surface area (Å²) in [5, 5.41) is 12.8. The van der Waals surface area contributed by atoms with Crippen LogP contribution in [0.2, 0.25) is 5.02 Å². The van der Waals surface area contributed by atoms with Crippen LogP contribution < -0.4 is 10.1 Å². The SMILES string of the molecule is COc1cc(Cl)ccc1CNc1cc(C#N)ccc1C(C)=O. The number of nitrogens with one attached hydrogen (secondary N) is 1. The van der Waals surface area contributed by atoms with Crippen molar-refractivity contribution in [2.45, 2.75) is 13.5 Å². The van der Waals surface area contributed by atoms with E-state index >= 15 is 0 Å². The number of benzene rings is 2. The average molecular weight is 315 g/mol. The second kappa shape index (κ2) is 6.97. The van der Waals surface area contributed by atoms with Gasteiger partial charge in [-0.25, -0.2) is 0 Å². The van der Waals surface area contributed by atoms with Crippen LogP contribution in [0.5, 0.6) is 5.75 Å². The Morgan fingerprint density at radius 2 is 2.09 bits per heavy atom. The van der Waals surface area contributed by atoms with Gasteiger partial charge in [0, 0.05) is 28.4 Å². The molecule has 1 N–H and O–H groups in total. The van der Waals surface area contributed by atoms with Crippen LogP contribution in [0.25, 0.3) is 0 Å². The predicted octanol–water partition coefficient (Wildman–Crippen LogP) is 4.03. The van der Waals surface area contributed by atoms with Gasteiger partial charge in [-0.2, -0.15) is 5.26 Å². The fourth-order valence-corrected chi connectivity index (χ4v) is 2.28. The zero-order valence-corrected chi connectivity index (χ0v) is 13.1. The molecule has 22 heavy (non-hydrogen) atoms. The van der Waals surface area contributed by atoms with E-state index in [-0.39, 0.29) is 5.78 Å². The number of halogens is 1. The van der Waals surface area contributed by atoms with Crippen molar-refractivity contribution in [2.75, 3.05) is 12.4 Å². The van der Waals surface area contributed by atoms with E-state index in [4.69, 9.17) is 21.6 Å². The van der Waals surface area contributed by atoms with E-state index in [2.05, 4.69) is 11.4 Å². The molecule has 2 rings (SSSR count). The third-order valence-electron chi connectivity index (χ3n) is 3.25. The van der Waals surface area contributed by atoms with Crippen molar-refractivity contribution in [3.63, 3.8) is 0 Å². The van der Waals surface area contributed by atoms with E-state index in [1.807, 2.05) is 6.07 Å². The van der Waals surface area contributed by atoms with E-state index in [9.17, 15) is 4.79 Å². The van der Waals surface area contributed by atoms with Crippen molar-refractivity contribution in [1.29, 1.82) is 5.26 Å². The van der Waals surface area contributed by atoms with Gasteiger partial charge in [-0.1, -0.05) is 17.7 Å². The van der Waals surface area contributed by atoms with Crippen molar-refractivity contribution in [3.8, 4) is 11.8 Å². The van der Waals surface area contributed by atoms with Gasteiger partial charge in [-0.15, -0.1) is 0 Å². The Labute approximate surface area is 134 Å². The first-order chi connectivity index (χ1) is 10.5. The summed E-state index contributed by atoms with van der Waals surface area (Å²) < 4.78 is 5.29. The number of carbonyl (C=O) groups excluding carboxylic acids is 1. The minimum atomic E-state index is -0.0601. The largest absolute Gasteiger partial charge is 0.496 e. The number of nitrogens with zero attached hydrogens (tertiary/aromatic N) is 1. The molecule has 0 unspecified atom stereocenters. The Morgan fingerprint density at radius 1 is 1.32 bits per heavy atom. The topological polar surface area (TPSA) is 62.1 Å². The summed E-state index contributed by atoms with van der Waals surface area (Å²) >= 11 is 5.94. The van der Waals surface area contributed by atoms with Crippen LogP contribution in [-0.4, -0.2) is 12.9 Å². The maximum atomic E-state index is 11.7. The minimum absolute atomic E-state index is 0.0601. The molecule has 0 fully saturated rings. The summed E-state index contributed by atoms with van der Waals surface area (Å²) in [6, 6.07) is 12.4. The fraction of sp³-hybridized carbons (Fsp3) is 0.176. The molecule has 0 spiro atoms. The van der Waals surface area contributed by atoms with Crippen molar-refractivity contribution in [3.05, 3.63) is 58.1 Å². The van der Waals surface area contributed by atoms with Crippen LogP contribution in [0.3, 0.4) is 0 Å². The summed E-state index contributed by atoms with van der Waals surface area (Å²) in [7, 11) is 1.58. The van der Waals surface area contributed by atoms with E-state index in [0.29, 0.717) is 34.1 Å². The van der Waals surface area contributed by atoms with Crippen LogP contribution in [0, 0.1) is 11.3 Å². The number of hydrogen-bond donors (Lipinski definition) is 1. The highest BCUT2D eigenvalue weighted by atomic mass is 35.5. The highest BCUT2D eigenvalue weighted by Gasteiger charge is 2.10. The Morgan fingerprint density at radius 3 is 2.73 bits per heavy atom. The zero-order valence-electron chi connectivity index (χ0n) is 12.3. The van der Waals surface area contributed by atoms with Crippen molar-refractivity contribution >= 4 is 23.1 Å². The number of ether oxygens (including phenoxy) is 1. The molecular formula is C17H15ClN2O2. The highest BCUT2D eigenvalue weighted by molar-refractivity contribution is 6.30. The number of carbonyl (C=O) groups is 1. The van der Waals surface area contributed by atoms with Gasteiger partial charge in [-0.05, 0) is 37.3 Å². The quantitative estimate of drug-likeness (QED) is 0.846. The summed E-state index contributed by atoms with van der Waals surface area (Å²) in [4.78, 5) is 11.7. The lowest BCUT2D eigenvalue weighted by molar-refractivity contribution is 0.101. The van der Waals surface area contributed by atoms with Gasteiger partial charge >= 0.3 is 0 Å². The highest BCUT2D eigenvalue weighted by Crippen LogP contribution is 2.25. The van der Waals surface area contributed by atoms with Gasteiger partial charge in [0.1, 0.15) is 5.75 Å². The summed E-state index contributed by atoms with van der Waals surface area (Å²) in [6.07, 6.45) is 0. The fourth-order valence-electron chi connectivity index (χ4n) is 2.12. The van der Waals surface area contributed by atoms with E-state index in [1.54, 1.807) is 37.4 Å². The van der Waals surface area contributed by atoms with Gasteiger partial charge in [-0.3, -0.25) is 4.79 Å². The molecule has 0 saturated heterocycles. The maximum Gasteiger partial charge on any atom is 0.161 e. The molecular weight excluding hydrogens is 300 g/mol. The number of Topliss-reactive ketones (excluding diaryl/α,β-unsaturated/α-hetero) is 1. The molecule has 0 bridgehead atoms. The molecule has 112 valence electrons. The summed E-state index contributed by atoms with van der Waals surface area (Å²) in [5.74, 6) is 0.607. The predicted molar refractivity (Wildman–Crippen MR) is 86.5 cm³/mol. The first kappa shape index (κ1) is 15.9. The lowest BCUT2D eigenvalue weighted by Crippen LogP contribution is -2.06. The average Bonchev–Trinajstić information content (AvgIpc) is 2.52. The van der Waals surface area contributed by atoms with Gasteiger partial charge in [0.2, 0.25) is 0 Å². The molecule has 4 nitrogen and oxygen atoms in total. The third-order valence-corrected chi connectivity index (χ3v) is 3.48. The number of methoxy groups -OCH3 is 1. The minimum Gasteiger partial charge on any atom is -0.496 e. The van der Waals surface area contributed by atoms with E-state index in [1.165, 1.54) is 6.92 Å². The molecule has 2 aromatic carbocycles. The van der Waals surface area contributed by atoms with Crippen molar-refractivity contribution in [1.82, 2.24) is 0 Å². The second-order valence-electron chi connectivity index (χ2n) is 4.74. The molecule has 0 heterocycles. The van der Waals surface area contributed by atoms with Gasteiger partial charge in [0.25, 0.3) is 0 Å². The third kappa shape index (κ3) is 3.57. The van der Waals surface area contributed by atoms with Crippen LogP contribution in [0.4, 0.5) is 5.69 Å². The van der Waals surface area contributed by atoms with Crippen LogP contribution in [-0.2, 0) is 6.54 Å². The normalized spacial score (nSPS) is 9.91. The van der Waals surface area contributed by atoms with Crippen molar-refractivity contribution in [2.24, 2.45) is 0 Å². The Hall–Kier alpha value is -2.51. The zero-order chi connectivity index (χ0) is 16.1. The number of anilines is 1. The Bertz CT molecular complexity index is 751. The molecule has 0 radical (unpaired) electrons. The van der Waals surface area contributed by atoms with Gasteiger partial charge in [0.15, 0.2) is 5.78 Å². The summed E-state index contributed by atoms with van der Waals surface area (Å²) in [5.41, 5.74) is 2.58. The second-order valence-corrected chi connectivity index (χ2v) is 5.17. The Kier molecular flexibility index (Phi) is 5.03. The number of nitriles is 1. The molecule has 0 aliphatic rings. The van der Waals surface area contributed by atoms with Crippen molar-refractivity contribution < 1.29 is 9.53 Å². The monoisotopic (exact) mass is 314 g/mol. The summed E-state index contributed by atoms with van der Waals surface area (Å²) in [6.45, 7) is 1.95. The number of rotatable bonds is 5. The standard InChI is InChI=1S/C17H15ClN2O2/c1-11(21)15-6-3-12(9-19)7-16(15)20-10-13-4-5-14(18)8-17(13)22-2/h3-8,20H,10H2,1-2H3. The first-order valence-corrected chi connectivity index (χ1v) is 7.04. The van der Waals surface area contributed by atoms with E-state index < -0.39 is 0 Å². The first-order valence-electron chi connectivity index (χ1n) is 6.66. The molecule has 5 heteroatoms. The molecule has 0 amide bonds. The van der Waals surface area contributed by atoms with Gasteiger partial charge in [0.05, 0.1) is 18.7 Å². The molecule has 2 aromatic rings. The number of ketones is 1. The molecule has 0 aromatic heterocycles. The van der Waals surface area contributed by atoms with Gasteiger partial charge < -0.3 is 10.1 Å². The molecule has 0 aliphatic carbocycles. The lowest BCUT2D eigenvalue weighted by Gasteiger charge is -2.13. The van der Waals surface area contributed by atoms with Crippen LogP contribution >= 0.6 is 11.6 Å². The molecule has 0 saturated carbocycles. The van der Waals surface area contributed by atoms with Crippen LogP contribution in [0.15, 0.2) is 36.4 Å². The lowest BCUT2D eigenvalue weighted by atomic mass is 10.1. The smallest absolute Gasteiger partial charge is 0.161 e. The van der Waals surface area contributed by atoms with Crippen LogP contribution in [0.1, 0.15) is 28.4 Å². The Balaban J connectivity index is 2.28. The molecule has 0 aliphatic heterocycles.